The predicted octanol–water partition coefficient (Wildman–Crippen LogP) is 3.54. The molecule has 3 rings (SSSR count). The molecule has 1 aromatic heterocycles. The SMILES string of the molecule is COc1cc(C)c(C)cc1S(=O)(=O)NC[C@H](O)c1csc2ccccc12. The number of rotatable bonds is 6. The van der Waals surface area contributed by atoms with Gasteiger partial charge in [-0.1, -0.05) is 18.2 Å². The molecule has 0 aliphatic carbocycles. The van der Waals surface area contributed by atoms with Crippen LogP contribution in [0.25, 0.3) is 10.1 Å². The minimum atomic E-state index is -3.81. The fraction of sp³-hybridized carbons (Fsp3) is 0.263. The van der Waals surface area contributed by atoms with Gasteiger partial charge in [0.1, 0.15) is 10.6 Å². The number of ether oxygens (including phenoxy) is 1. The number of nitrogens with one attached hydrogen (secondary N) is 1. The number of hydrogen-bond acceptors (Lipinski definition) is 5. The molecule has 138 valence electrons. The van der Waals surface area contributed by atoms with E-state index < -0.39 is 16.1 Å². The van der Waals surface area contributed by atoms with E-state index in [1.54, 1.807) is 12.1 Å². The minimum absolute atomic E-state index is 0.0745. The van der Waals surface area contributed by atoms with Crippen LogP contribution < -0.4 is 9.46 Å². The first kappa shape index (κ1) is 18.8. The zero-order valence-electron chi connectivity index (χ0n) is 14.8. The smallest absolute Gasteiger partial charge is 0.244 e. The van der Waals surface area contributed by atoms with Crippen molar-refractivity contribution in [2.45, 2.75) is 24.8 Å². The summed E-state index contributed by atoms with van der Waals surface area (Å²) < 4.78 is 34.2. The standard InChI is InChI=1S/C19H21NO4S2/c1-12-8-17(24-3)19(9-13(12)2)26(22,23)20-10-16(21)15-11-25-18-7-5-4-6-14(15)18/h4-9,11,16,20-21H,10H2,1-3H3/t16-/m0/s1. The van der Waals surface area contributed by atoms with Crippen LogP contribution in [0.4, 0.5) is 0 Å². The molecule has 3 aromatic rings. The molecule has 0 radical (unpaired) electrons. The number of hydrogen-bond donors (Lipinski definition) is 2. The molecule has 0 aliphatic heterocycles. The summed E-state index contributed by atoms with van der Waals surface area (Å²) in [4.78, 5) is 0.0745. The van der Waals surface area contributed by atoms with E-state index in [0.29, 0.717) is 0 Å². The second-order valence-electron chi connectivity index (χ2n) is 6.14. The highest BCUT2D eigenvalue weighted by Gasteiger charge is 2.22. The average molecular weight is 392 g/mol. The molecule has 0 spiro atoms. The summed E-state index contributed by atoms with van der Waals surface area (Å²) in [6.45, 7) is 3.63. The van der Waals surface area contributed by atoms with Crippen LogP contribution >= 0.6 is 11.3 Å². The Labute approximate surface area is 157 Å². The second-order valence-corrected chi connectivity index (χ2v) is 8.79. The maximum atomic E-state index is 12.7. The number of aliphatic hydroxyl groups excluding tert-OH is 1. The van der Waals surface area contributed by atoms with E-state index in [2.05, 4.69) is 4.72 Å². The molecule has 0 aliphatic rings. The van der Waals surface area contributed by atoms with Gasteiger partial charge in [0.25, 0.3) is 0 Å². The van der Waals surface area contributed by atoms with E-state index in [1.165, 1.54) is 18.4 Å². The maximum absolute atomic E-state index is 12.7. The second kappa shape index (κ2) is 7.36. The molecule has 5 nitrogen and oxygen atoms in total. The Hall–Kier alpha value is -1.93. The summed E-state index contributed by atoms with van der Waals surface area (Å²) in [5.41, 5.74) is 2.53. The van der Waals surface area contributed by atoms with Gasteiger partial charge in [0, 0.05) is 16.8 Å². The van der Waals surface area contributed by atoms with Gasteiger partial charge in [-0.25, -0.2) is 13.1 Å². The molecule has 1 atom stereocenters. The van der Waals surface area contributed by atoms with E-state index >= 15 is 0 Å². The number of benzene rings is 2. The van der Waals surface area contributed by atoms with Crippen molar-refractivity contribution >= 4 is 31.4 Å². The molecule has 7 heteroatoms. The van der Waals surface area contributed by atoms with Gasteiger partial charge in [0.15, 0.2) is 0 Å². The lowest BCUT2D eigenvalue weighted by atomic mass is 10.1. The molecule has 26 heavy (non-hydrogen) atoms. The molecule has 0 unspecified atom stereocenters. The van der Waals surface area contributed by atoms with Crippen molar-refractivity contribution in [2.24, 2.45) is 0 Å². The summed E-state index contributed by atoms with van der Waals surface area (Å²) in [7, 11) is -2.37. The van der Waals surface area contributed by atoms with Crippen molar-refractivity contribution in [3.63, 3.8) is 0 Å². The van der Waals surface area contributed by atoms with Crippen LogP contribution in [0.5, 0.6) is 5.75 Å². The number of sulfonamides is 1. The molecule has 2 aromatic carbocycles. The largest absolute Gasteiger partial charge is 0.495 e. The van der Waals surface area contributed by atoms with Gasteiger partial charge >= 0.3 is 0 Å². The first-order chi connectivity index (χ1) is 12.3. The Morgan fingerprint density at radius 1 is 1.19 bits per heavy atom. The predicted molar refractivity (Wildman–Crippen MR) is 104 cm³/mol. The van der Waals surface area contributed by atoms with Crippen molar-refractivity contribution in [3.05, 3.63) is 58.5 Å². The van der Waals surface area contributed by atoms with E-state index in [9.17, 15) is 13.5 Å². The lowest BCUT2D eigenvalue weighted by Gasteiger charge is -2.15. The highest BCUT2D eigenvalue weighted by Crippen LogP contribution is 2.31. The van der Waals surface area contributed by atoms with Gasteiger partial charge in [-0.2, -0.15) is 0 Å². The van der Waals surface area contributed by atoms with E-state index in [-0.39, 0.29) is 17.2 Å². The first-order valence-electron chi connectivity index (χ1n) is 8.12. The van der Waals surface area contributed by atoms with Gasteiger partial charge < -0.3 is 9.84 Å². The number of methoxy groups -OCH3 is 1. The van der Waals surface area contributed by atoms with Crippen LogP contribution in [0.3, 0.4) is 0 Å². The van der Waals surface area contributed by atoms with E-state index in [4.69, 9.17) is 4.74 Å². The van der Waals surface area contributed by atoms with Crippen molar-refractivity contribution in [2.75, 3.05) is 13.7 Å². The Balaban J connectivity index is 1.83. The Kier molecular flexibility index (Phi) is 5.34. The van der Waals surface area contributed by atoms with E-state index in [0.717, 1.165) is 26.8 Å². The van der Waals surface area contributed by atoms with Gasteiger partial charge in [0.05, 0.1) is 13.2 Å². The maximum Gasteiger partial charge on any atom is 0.244 e. The molecular weight excluding hydrogens is 370 g/mol. The van der Waals surface area contributed by atoms with E-state index in [1.807, 2.05) is 43.5 Å². The molecule has 0 bridgehead atoms. The van der Waals surface area contributed by atoms with Crippen LogP contribution in [-0.2, 0) is 10.0 Å². The Morgan fingerprint density at radius 3 is 2.62 bits per heavy atom. The molecule has 0 saturated heterocycles. The monoisotopic (exact) mass is 391 g/mol. The van der Waals surface area contributed by atoms with Crippen LogP contribution in [0.15, 0.2) is 46.7 Å². The summed E-state index contributed by atoms with van der Waals surface area (Å²) in [6.07, 6.45) is -0.932. The lowest BCUT2D eigenvalue weighted by molar-refractivity contribution is 0.184. The van der Waals surface area contributed by atoms with Crippen LogP contribution in [0.2, 0.25) is 0 Å². The number of aryl methyl sites for hydroxylation is 2. The van der Waals surface area contributed by atoms with Crippen molar-refractivity contribution in [1.82, 2.24) is 4.72 Å². The molecule has 0 saturated carbocycles. The minimum Gasteiger partial charge on any atom is -0.495 e. The zero-order valence-corrected chi connectivity index (χ0v) is 16.4. The van der Waals surface area contributed by atoms with Crippen molar-refractivity contribution < 1.29 is 18.3 Å². The van der Waals surface area contributed by atoms with Crippen molar-refractivity contribution in [3.8, 4) is 5.75 Å². The van der Waals surface area contributed by atoms with Crippen LogP contribution in [0, 0.1) is 13.8 Å². The number of thiophene rings is 1. The summed E-state index contributed by atoms with van der Waals surface area (Å²) >= 11 is 1.52. The molecule has 1 heterocycles. The highest BCUT2D eigenvalue weighted by molar-refractivity contribution is 7.89. The topological polar surface area (TPSA) is 75.6 Å². The molecule has 2 N–H and O–H groups in total. The summed E-state index contributed by atoms with van der Waals surface area (Å²) in [6, 6.07) is 11.0. The lowest BCUT2D eigenvalue weighted by Crippen LogP contribution is -2.29. The normalized spacial score (nSPS) is 13.1. The fourth-order valence-electron chi connectivity index (χ4n) is 2.77. The van der Waals surface area contributed by atoms with Gasteiger partial charge in [-0.15, -0.1) is 11.3 Å². The van der Waals surface area contributed by atoms with Crippen molar-refractivity contribution in [1.29, 1.82) is 0 Å². The fourth-order valence-corrected chi connectivity index (χ4v) is 5.05. The quantitative estimate of drug-likeness (QED) is 0.674. The Morgan fingerprint density at radius 2 is 1.88 bits per heavy atom. The third kappa shape index (κ3) is 3.61. The third-order valence-electron chi connectivity index (χ3n) is 4.41. The third-order valence-corrected chi connectivity index (χ3v) is 6.83. The average Bonchev–Trinajstić information content (AvgIpc) is 3.05. The van der Waals surface area contributed by atoms with Gasteiger partial charge in [-0.3, -0.25) is 0 Å². The Bertz CT molecular complexity index is 1040. The molecular formula is C19H21NO4S2. The first-order valence-corrected chi connectivity index (χ1v) is 10.5. The summed E-state index contributed by atoms with van der Waals surface area (Å²) in [5.74, 6) is 0.288. The number of fused-ring (bicyclic) bond motifs is 1. The molecule has 0 amide bonds. The zero-order chi connectivity index (χ0) is 18.9. The number of aliphatic hydroxyl groups is 1. The van der Waals surface area contributed by atoms with Gasteiger partial charge in [-0.05, 0) is 53.9 Å². The summed E-state index contributed by atoms with van der Waals surface area (Å²) in [5, 5.41) is 13.3. The van der Waals surface area contributed by atoms with Crippen LogP contribution in [0.1, 0.15) is 22.8 Å². The molecule has 0 fully saturated rings. The van der Waals surface area contributed by atoms with Gasteiger partial charge in [0.2, 0.25) is 10.0 Å². The van der Waals surface area contributed by atoms with Crippen LogP contribution in [-0.4, -0.2) is 27.2 Å². The highest BCUT2D eigenvalue weighted by atomic mass is 32.2.